The Morgan fingerprint density at radius 3 is 1.95 bits per heavy atom. The van der Waals surface area contributed by atoms with Crippen molar-refractivity contribution >= 4 is 11.6 Å². The van der Waals surface area contributed by atoms with Crippen molar-refractivity contribution in [3.8, 4) is 0 Å². The van der Waals surface area contributed by atoms with Crippen LogP contribution in [0.25, 0.3) is 11.6 Å². The van der Waals surface area contributed by atoms with Gasteiger partial charge in [0.15, 0.2) is 0 Å². The zero-order valence-electron chi connectivity index (χ0n) is 29.3. The zero-order valence-corrected chi connectivity index (χ0v) is 29.3. The van der Waals surface area contributed by atoms with E-state index in [1.807, 2.05) is 58.0 Å². The van der Waals surface area contributed by atoms with Gasteiger partial charge in [-0.15, -0.1) is 0 Å². The van der Waals surface area contributed by atoms with Crippen LogP contribution in [0.15, 0.2) is 98.1 Å². The summed E-state index contributed by atoms with van der Waals surface area (Å²) in [6, 6.07) is 16.8. The highest BCUT2D eigenvalue weighted by atomic mass is 14.2. The molecule has 234 valence electrons. The molecule has 0 saturated heterocycles. The molecule has 2 aromatic rings. The van der Waals surface area contributed by atoms with E-state index in [0.29, 0.717) is 0 Å². The molecule has 0 aromatic heterocycles. The fourth-order valence-corrected chi connectivity index (χ4v) is 4.63. The van der Waals surface area contributed by atoms with Gasteiger partial charge in [-0.05, 0) is 64.5 Å². The van der Waals surface area contributed by atoms with Gasteiger partial charge in [-0.2, -0.15) is 0 Å². The van der Waals surface area contributed by atoms with Gasteiger partial charge in [0.1, 0.15) is 0 Å². The standard InChI is InChI=1S/C26H28.C9H18.C3H8.2C2H6/c1-6-23(19-24-16-17-25(7-2)21(4)18-24)13-11-12-20(3)22(5)26-14-9-8-10-15-26;1-3-9-6-4-8(2)5-7-9;1-3-2;2*1-2/h6-18,20H,1-2,5,19H2,3-4H3;8-9H,3-7H2,1-2H3;3H2,1-2H3;2*1-2H3/b12-11-,23-13+;;;;. The summed E-state index contributed by atoms with van der Waals surface area (Å²) in [5, 5.41) is 0. The van der Waals surface area contributed by atoms with E-state index in [1.54, 1.807) is 0 Å². The molecule has 0 nitrogen and oxygen atoms in total. The van der Waals surface area contributed by atoms with Crippen molar-refractivity contribution in [3.63, 3.8) is 0 Å². The average molecular weight is 571 g/mol. The van der Waals surface area contributed by atoms with E-state index in [-0.39, 0.29) is 5.92 Å². The Kier molecular flexibility index (Phi) is 26.5. The van der Waals surface area contributed by atoms with Gasteiger partial charge in [0.25, 0.3) is 0 Å². The smallest absolute Gasteiger partial charge is 0.000726 e. The maximum Gasteiger partial charge on any atom is -0.000726 e. The molecule has 1 fully saturated rings. The average Bonchev–Trinajstić information content (AvgIpc) is 3.03. The van der Waals surface area contributed by atoms with Gasteiger partial charge in [0.2, 0.25) is 0 Å². The van der Waals surface area contributed by atoms with Gasteiger partial charge < -0.3 is 0 Å². The maximum absolute atomic E-state index is 4.24. The molecule has 0 aliphatic heterocycles. The topological polar surface area (TPSA) is 0 Å². The lowest BCUT2D eigenvalue weighted by Gasteiger charge is -2.24. The van der Waals surface area contributed by atoms with Gasteiger partial charge in [0, 0.05) is 0 Å². The number of benzene rings is 2. The molecular weight excluding hydrogens is 504 g/mol. The van der Waals surface area contributed by atoms with E-state index in [9.17, 15) is 0 Å². The SMILES string of the molecule is C=C/C(=C\C=C/C(C)C(=C)c1ccccc1)Cc1ccc(C=C)c(C)c1.CC.CC.CCC.CCC1CCC(C)CC1. The highest BCUT2D eigenvalue weighted by Gasteiger charge is 2.15. The van der Waals surface area contributed by atoms with Crippen molar-refractivity contribution in [2.24, 2.45) is 17.8 Å². The lowest BCUT2D eigenvalue weighted by Crippen LogP contribution is -2.10. The second-order valence-electron chi connectivity index (χ2n) is 10.8. The lowest BCUT2D eigenvalue weighted by molar-refractivity contribution is 0.284. The van der Waals surface area contributed by atoms with E-state index in [1.165, 1.54) is 66.4 Å². The molecular formula is C42H66. The third-order valence-corrected chi connectivity index (χ3v) is 7.34. The molecule has 3 rings (SSSR count). The van der Waals surface area contributed by atoms with Crippen LogP contribution in [-0.4, -0.2) is 0 Å². The second kappa shape index (κ2) is 27.0. The molecule has 0 heteroatoms. The van der Waals surface area contributed by atoms with Crippen LogP contribution in [0.1, 0.15) is 123 Å². The monoisotopic (exact) mass is 571 g/mol. The van der Waals surface area contributed by atoms with Gasteiger partial charge in [-0.1, -0.05) is 199 Å². The zero-order chi connectivity index (χ0) is 32.3. The summed E-state index contributed by atoms with van der Waals surface area (Å²) in [4.78, 5) is 0. The second-order valence-corrected chi connectivity index (χ2v) is 10.8. The molecule has 0 radical (unpaired) electrons. The Bertz CT molecular complexity index is 1010. The van der Waals surface area contributed by atoms with Crippen LogP contribution in [0.5, 0.6) is 0 Å². The summed E-state index contributed by atoms with van der Waals surface area (Å²) in [5.74, 6) is 2.38. The number of allylic oxidation sites excluding steroid dienone is 6. The Balaban J connectivity index is 0. The lowest BCUT2D eigenvalue weighted by atomic mass is 9.82. The van der Waals surface area contributed by atoms with Gasteiger partial charge in [0.05, 0.1) is 0 Å². The predicted molar refractivity (Wildman–Crippen MR) is 197 cm³/mol. The fourth-order valence-electron chi connectivity index (χ4n) is 4.63. The number of hydrogen-bond donors (Lipinski definition) is 0. The van der Waals surface area contributed by atoms with Crippen LogP contribution in [0, 0.1) is 24.7 Å². The van der Waals surface area contributed by atoms with Crippen molar-refractivity contribution in [1.82, 2.24) is 0 Å². The molecule has 0 amide bonds. The molecule has 0 N–H and O–H groups in total. The van der Waals surface area contributed by atoms with Crippen molar-refractivity contribution in [2.45, 2.75) is 114 Å². The highest BCUT2D eigenvalue weighted by molar-refractivity contribution is 5.66. The number of rotatable bonds is 9. The Morgan fingerprint density at radius 1 is 0.905 bits per heavy atom. The van der Waals surface area contributed by atoms with Crippen molar-refractivity contribution in [2.75, 3.05) is 0 Å². The molecule has 0 bridgehead atoms. The third-order valence-electron chi connectivity index (χ3n) is 7.34. The van der Waals surface area contributed by atoms with Crippen LogP contribution in [-0.2, 0) is 6.42 Å². The molecule has 1 aliphatic carbocycles. The van der Waals surface area contributed by atoms with Crippen LogP contribution in [0.4, 0.5) is 0 Å². The summed E-state index contributed by atoms with van der Waals surface area (Å²) in [6.45, 7) is 33.3. The highest BCUT2D eigenvalue weighted by Crippen LogP contribution is 2.29. The molecule has 1 unspecified atom stereocenters. The molecule has 2 aromatic carbocycles. The van der Waals surface area contributed by atoms with E-state index >= 15 is 0 Å². The molecule has 42 heavy (non-hydrogen) atoms. The quantitative estimate of drug-likeness (QED) is 0.263. The number of aryl methyl sites for hydroxylation is 1. The summed E-state index contributed by atoms with van der Waals surface area (Å²) in [5.41, 5.74) is 7.25. The van der Waals surface area contributed by atoms with Crippen LogP contribution >= 0.6 is 0 Å². The Labute approximate surface area is 263 Å². The summed E-state index contributed by atoms with van der Waals surface area (Å²) in [6.07, 6.45) is 19.8. The van der Waals surface area contributed by atoms with Crippen molar-refractivity contribution < 1.29 is 0 Å². The molecule has 0 heterocycles. The van der Waals surface area contributed by atoms with Crippen LogP contribution in [0.2, 0.25) is 0 Å². The van der Waals surface area contributed by atoms with Gasteiger partial charge >= 0.3 is 0 Å². The first kappa shape index (κ1) is 41.3. The summed E-state index contributed by atoms with van der Waals surface area (Å²) >= 11 is 0. The predicted octanol–water partition coefficient (Wildman–Crippen LogP) is 13.9. The minimum atomic E-state index is 0.286. The van der Waals surface area contributed by atoms with E-state index in [0.717, 1.165) is 23.8 Å². The van der Waals surface area contributed by atoms with Crippen LogP contribution in [0.3, 0.4) is 0 Å². The molecule has 1 atom stereocenters. The van der Waals surface area contributed by atoms with E-state index in [4.69, 9.17) is 0 Å². The molecule has 0 spiro atoms. The first-order valence-electron chi connectivity index (χ1n) is 16.7. The molecule has 1 saturated carbocycles. The Hall–Kier alpha value is -2.86. The van der Waals surface area contributed by atoms with E-state index < -0.39 is 0 Å². The van der Waals surface area contributed by atoms with Crippen LogP contribution < -0.4 is 0 Å². The van der Waals surface area contributed by atoms with Gasteiger partial charge in [-0.25, -0.2) is 0 Å². The van der Waals surface area contributed by atoms with E-state index in [2.05, 4.69) is 110 Å². The summed E-state index contributed by atoms with van der Waals surface area (Å²) < 4.78 is 0. The third kappa shape index (κ3) is 17.8. The fraction of sp³-hybridized carbons (Fsp3) is 0.476. The number of hydrogen-bond acceptors (Lipinski definition) is 0. The first-order chi connectivity index (χ1) is 20.3. The van der Waals surface area contributed by atoms with Gasteiger partial charge in [-0.3, -0.25) is 0 Å². The largest absolute Gasteiger partial charge is 0.0988 e. The van der Waals surface area contributed by atoms with Crippen molar-refractivity contribution in [3.05, 3.63) is 120 Å². The minimum absolute atomic E-state index is 0.286. The Morgan fingerprint density at radius 2 is 1.48 bits per heavy atom. The maximum atomic E-state index is 4.24. The minimum Gasteiger partial charge on any atom is -0.0988 e. The van der Waals surface area contributed by atoms with Crippen molar-refractivity contribution in [1.29, 1.82) is 0 Å². The first-order valence-corrected chi connectivity index (χ1v) is 16.7. The normalized spacial score (nSPS) is 16.5. The summed E-state index contributed by atoms with van der Waals surface area (Å²) in [7, 11) is 0. The molecule has 1 aliphatic rings.